The highest BCUT2D eigenvalue weighted by molar-refractivity contribution is 5.97. The van der Waals surface area contributed by atoms with Crippen molar-refractivity contribution in [1.82, 2.24) is 14.7 Å². The molecule has 1 aromatic heterocycles. The van der Waals surface area contributed by atoms with Gasteiger partial charge < -0.3 is 10.6 Å². The molecule has 15 heavy (non-hydrogen) atoms. The van der Waals surface area contributed by atoms with Crippen LogP contribution in [0.1, 0.15) is 30.6 Å². The first-order valence-electron chi connectivity index (χ1n) is 5.18. The average Bonchev–Trinajstić information content (AvgIpc) is 2.58. The molecule has 5 heteroatoms. The Morgan fingerprint density at radius 3 is 2.80 bits per heavy atom. The predicted molar refractivity (Wildman–Crippen MR) is 59.6 cm³/mol. The topological polar surface area (TPSA) is 64.2 Å². The normalized spacial score (nSPS) is 10.3. The van der Waals surface area contributed by atoms with Crippen LogP contribution in [-0.2, 0) is 6.54 Å². The Labute approximate surface area is 89.9 Å². The van der Waals surface area contributed by atoms with E-state index in [1.807, 2.05) is 6.92 Å². The molecule has 0 fully saturated rings. The smallest absolute Gasteiger partial charge is 0.258 e. The summed E-state index contributed by atoms with van der Waals surface area (Å²) >= 11 is 0. The van der Waals surface area contributed by atoms with Crippen molar-refractivity contribution in [1.29, 1.82) is 0 Å². The molecule has 0 aromatic carbocycles. The van der Waals surface area contributed by atoms with Gasteiger partial charge in [0, 0.05) is 26.3 Å². The van der Waals surface area contributed by atoms with Gasteiger partial charge in [0.25, 0.3) is 5.91 Å². The highest BCUT2D eigenvalue weighted by Gasteiger charge is 2.16. The highest BCUT2D eigenvalue weighted by Crippen LogP contribution is 2.11. The number of hydrogen-bond donors (Lipinski definition) is 1. The molecule has 0 saturated heterocycles. The second kappa shape index (κ2) is 4.82. The Morgan fingerprint density at radius 2 is 2.27 bits per heavy atom. The van der Waals surface area contributed by atoms with E-state index in [9.17, 15) is 4.79 Å². The summed E-state index contributed by atoms with van der Waals surface area (Å²) in [6, 6.07) is 0. The van der Waals surface area contributed by atoms with Gasteiger partial charge in [-0.15, -0.1) is 0 Å². The van der Waals surface area contributed by atoms with E-state index in [0.717, 1.165) is 13.0 Å². The summed E-state index contributed by atoms with van der Waals surface area (Å²) in [6.45, 7) is 5.42. The van der Waals surface area contributed by atoms with Crippen LogP contribution in [0.4, 0.5) is 5.82 Å². The molecule has 0 unspecified atom stereocenters. The minimum absolute atomic E-state index is 0.0719. The summed E-state index contributed by atoms with van der Waals surface area (Å²) in [4.78, 5) is 13.4. The van der Waals surface area contributed by atoms with Gasteiger partial charge in [0.15, 0.2) is 5.82 Å². The number of aryl methyl sites for hydroxylation is 1. The van der Waals surface area contributed by atoms with Crippen LogP contribution in [0, 0.1) is 0 Å². The van der Waals surface area contributed by atoms with E-state index < -0.39 is 0 Å². The van der Waals surface area contributed by atoms with E-state index in [1.54, 1.807) is 22.8 Å². The van der Waals surface area contributed by atoms with Gasteiger partial charge in [0.1, 0.15) is 5.56 Å². The van der Waals surface area contributed by atoms with E-state index in [1.165, 1.54) is 0 Å². The van der Waals surface area contributed by atoms with Gasteiger partial charge in [-0.2, -0.15) is 5.10 Å². The Hall–Kier alpha value is -1.52. The third kappa shape index (κ3) is 2.49. The van der Waals surface area contributed by atoms with Crippen LogP contribution in [-0.4, -0.2) is 34.2 Å². The molecule has 1 rings (SSSR count). The Kier molecular flexibility index (Phi) is 3.71. The predicted octanol–water partition coefficient (Wildman–Crippen LogP) is 0.967. The van der Waals surface area contributed by atoms with Crippen LogP contribution in [0.3, 0.4) is 0 Å². The second-order valence-corrected chi connectivity index (χ2v) is 3.51. The van der Waals surface area contributed by atoms with Gasteiger partial charge in [0.05, 0.1) is 0 Å². The van der Waals surface area contributed by atoms with Crippen LogP contribution in [0.2, 0.25) is 0 Å². The lowest BCUT2D eigenvalue weighted by atomic mass is 10.3. The van der Waals surface area contributed by atoms with Crippen molar-refractivity contribution < 1.29 is 4.79 Å². The number of anilines is 1. The number of hydrogen-bond acceptors (Lipinski definition) is 3. The number of nitrogen functional groups attached to an aromatic ring is 1. The fourth-order valence-electron chi connectivity index (χ4n) is 1.29. The number of nitrogens with zero attached hydrogens (tertiary/aromatic N) is 3. The maximum atomic E-state index is 11.8. The van der Waals surface area contributed by atoms with Crippen molar-refractivity contribution in [2.24, 2.45) is 0 Å². The summed E-state index contributed by atoms with van der Waals surface area (Å²) in [5, 5.41) is 4.09. The Morgan fingerprint density at radius 1 is 1.60 bits per heavy atom. The van der Waals surface area contributed by atoms with Crippen molar-refractivity contribution >= 4 is 11.7 Å². The van der Waals surface area contributed by atoms with Gasteiger partial charge in [-0.25, -0.2) is 0 Å². The molecule has 0 aliphatic heterocycles. The number of aromatic nitrogens is 2. The number of carbonyl (C=O) groups excluding carboxylic acids is 1. The minimum Gasteiger partial charge on any atom is -0.382 e. The fraction of sp³-hybridized carbons (Fsp3) is 0.600. The summed E-state index contributed by atoms with van der Waals surface area (Å²) < 4.78 is 1.71. The molecule has 1 aromatic rings. The molecule has 0 aliphatic carbocycles. The van der Waals surface area contributed by atoms with Gasteiger partial charge in [-0.05, 0) is 13.3 Å². The molecule has 1 amide bonds. The lowest BCUT2D eigenvalue weighted by Gasteiger charge is -2.12. The molecule has 0 saturated carbocycles. The molecule has 5 nitrogen and oxygen atoms in total. The zero-order valence-corrected chi connectivity index (χ0v) is 9.53. The van der Waals surface area contributed by atoms with E-state index in [0.29, 0.717) is 17.9 Å². The van der Waals surface area contributed by atoms with Crippen molar-refractivity contribution in [2.45, 2.75) is 26.8 Å². The molecule has 1 heterocycles. The van der Waals surface area contributed by atoms with Crippen LogP contribution in [0.15, 0.2) is 6.20 Å². The molecule has 0 spiro atoms. The number of carbonyl (C=O) groups is 1. The Balaban J connectivity index is 2.89. The summed E-state index contributed by atoms with van der Waals surface area (Å²) in [6.07, 6.45) is 2.69. The van der Waals surface area contributed by atoms with Crippen molar-refractivity contribution in [3.8, 4) is 0 Å². The molecule has 2 N–H and O–H groups in total. The zero-order chi connectivity index (χ0) is 11.4. The van der Waals surface area contributed by atoms with Crippen LogP contribution < -0.4 is 5.73 Å². The summed E-state index contributed by atoms with van der Waals surface area (Å²) in [5.41, 5.74) is 6.18. The lowest BCUT2D eigenvalue weighted by Crippen LogP contribution is -2.26. The van der Waals surface area contributed by atoms with E-state index in [4.69, 9.17) is 5.73 Å². The molecule has 0 aliphatic rings. The van der Waals surface area contributed by atoms with Gasteiger partial charge in [-0.1, -0.05) is 6.92 Å². The quantitative estimate of drug-likeness (QED) is 0.805. The summed E-state index contributed by atoms with van der Waals surface area (Å²) in [7, 11) is 1.75. The first-order valence-corrected chi connectivity index (χ1v) is 5.18. The van der Waals surface area contributed by atoms with E-state index in [2.05, 4.69) is 12.0 Å². The van der Waals surface area contributed by atoms with E-state index in [-0.39, 0.29) is 5.91 Å². The van der Waals surface area contributed by atoms with Gasteiger partial charge >= 0.3 is 0 Å². The first-order chi connectivity index (χ1) is 7.10. The van der Waals surface area contributed by atoms with Crippen LogP contribution >= 0.6 is 0 Å². The third-order valence-corrected chi connectivity index (χ3v) is 2.29. The molecule has 0 atom stereocenters. The molecule has 0 bridgehead atoms. The average molecular weight is 210 g/mol. The number of amides is 1. The maximum Gasteiger partial charge on any atom is 0.258 e. The monoisotopic (exact) mass is 210 g/mol. The van der Waals surface area contributed by atoms with Gasteiger partial charge in [-0.3, -0.25) is 9.48 Å². The first kappa shape index (κ1) is 11.6. The van der Waals surface area contributed by atoms with Gasteiger partial charge in [0.2, 0.25) is 0 Å². The zero-order valence-electron chi connectivity index (χ0n) is 9.53. The minimum atomic E-state index is -0.0719. The van der Waals surface area contributed by atoms with Crippen LogP contribution in [0.25, 0.3) is 0 Å². The van der Waals surface area contributed by atoms with Crippen LogP contribution in [0.5, 0.6) is 0 Å². The van der Waals surface area contributed by atoms with E-state index >= 15 is 0 Å². The number of nitrogens with two attached hydrogens (primary N) is 1. The molecule has 0 radical (unpaired) electrons. The third-order valence-electron chi connectivity index (χ3n) is 2.29. The largest absolute Gasteiger partial charge is 0.382 e. The second-order valence-electron chi connectivity index (χ2n) is 3.51. The highest BCUT2D eigenvalue weighted by atomic mass is 16.2. The van der Waals surface area contributed by atoms with Crippen molar-refractivity contribution in [3.63, 3.8) is 0 Å². The SMILES string of the molecule is CCCn1cc(C(=O)N(C)CC)c(N)n1. The maximum absolute atomic E-state index is 11.8. The lowest BCUT2D eigenvalue weighted by molar-refractivity contribution is 0.0803. The molecular weight excluding hydrogens is 192 g/mol. The standard InChI is InChI=1S/C10H18N4O/c1-4-6-14-7-8(9(11)12-14)10(15)13(3)5-2/h7H,4-6H2,1-3H3,(H2,11,12). The van der Waals surface area contributed by atoms with Crippen molar-refractivity contribution in [3.05, 3.63) is 11.8 Å². The molecular formula is C10H18N4O. The van der Waals surface area contributed by atoms with Crippen molar-refractivity contribution in [2.75, 3.05) is 19.3 Å². The number of rotatable bonds is 4. The Bertz CT molecular complexity index is 345. The fourth-order valence-corrected chi connectivity index (χ4v) is 1.29. The molecule has 84 valence electrons. The summed E-state index contributed by atoms with van der Waals surface area (Å²) in [5.74, 6) is 0.242.